The van der Waals surface area contributed by atoms with Crippen molar-refractivity contribution < 1.29 is 17.9 Å². The number of nitrogens with zero attached hydrogens (tertiary/aromatic N) is 3. The zero-order valence-electron chi connectivity index (χ0n) is 16.4. The van der Waals surface area contributed by atoms with Gasteiger partial charge in [-0.2, -0.15) is 5.26 Å². The highest BCUT2D eigenvalue weighted by molar-refractivity contribution is 7.90. The quantitative estimate of drug-likeness (QED) is 0.588. The van der Waals surface area contributed by atoms with Gasteiger partial charge in [-0.3, -0.25) is 0 Å². The molecule has 0 saturated heterocycles. The van der Waals surface area contributed by atoms with Gasteiger partial charge in [-0.15, -0.1) is 10.2 Å². The van der Waals surface area contributed by atoms with Crippen LogP contribution in [0.1, 0.15) is 30.0 Å². The molecule has 0 saturated carbocycles. The first-order chi connectivity index (χ1) is 14.1. The Bertz CT molecular complexity index is 1210. The normalized spacial score (nSPS) is 13.5. The monoisotopic (exact) mass is 446 g/mol. The van der Waals surface area contributed by atoms with Crippen LogP contribution < -0.4 is 5.32 Å². The summed E-state index contributed by atoms with van der Waals surface area (Å²) in [6.07, 6.45) is 0.239. The lowest BCUT2D eigenvalue weighted by Gasteiger charge is -2.21. The Balaban J connectivity index is 1.90. The summed E-state index contributed by atoms with van der Waals surface area (Å²) in [5.74, 6) is 0.333. The zero-order chi connectivity index (χ0) is 22.1. The molecule has 0 spiro atoms. The van der Waals surface area contributed by atoms with E-state index in [-0.39, 0.29) is 16.7 Å². The average Bonchev–Trinajstić information content (AvgIpc) is 3.18. The first kappa shape index (κ1) is 21.8. The molecule has 2 aromatic carbocycles. The van der Waals surface area contributed by atoms with E-state index in [1.54, 1.807) is 38.1 Å². The van der Waals surface area contributed by atoms with Crippen molar-refractivity contribution in [3.05, 3.63) is 58.4 Å². The molecule has 2 atom stereocenters. The van der Waals surface area contributed by atoms with Crippen LogP contribution in [0.2, 0.25) is 5.02 Å². The first-order valence-corrected chi connectivity index (χ1v) is 11.2. The molecular weight excluding hydrogens is 428 g/mol. The van der Waals surface area contributed by atoms with E-state index in [2.05, 4.69) is 15.5 Å². The van der Waals surface area contributed by atoms with Crippen LogP contribution in [0, 0.1) is 18.3 Å². The second kappa shape index (κ2) is 8.44. The van der Waals surface area contributed by atoms with E-state index in [4.69, 9.17) is 21.3 Å². The fourth-order valence-corrected chi connectivity index (χ4v) is 3.64. The lowest BCUT2D eigenvalue weighted by atomic mass is 10.1. The standard InChI is InChI=1S/C20H19ClN4O4S/c1-11-16(9-6-14(10-22)17(11)21)23-18(12(2)26)20-25-24-19(29-20)13-4-7-15(8-5-13)30(3,27)28/h4-9,12,18,23,26H,1-3H3/t12-,18-/m1/s1. The fraction of sp³-hybridized carbons (Fsp3) is 0.250. The Hall–Kier alpha value is -2.93. The molecule has 0 fully saturated rings. The molecule has 10 heteroatoms. The minimum absolute atomic E-state index is 0.145. The Labute approximate surface area is 179 Å². The molecule has 156 valence electrons. The molecule has 1 aromatic heterocycles. The highest BCUT2D eigenvalue weighted by Crippen LogP contribution is 2.31. The number of aliphatic hydroxyl groups excluding tert-OH is 1. The molecule has 3 rings (SSSR count). The molecule has 30 heavy (non-hydrogen) atoms. The van der Waals surface area contributed by atoms with Gasteiger partial charge in [0.05, 0.1) is 21.6 Å². The maximum Gasteiger partial charge on any atom is 0.247 e. The second-order valence-corrected chi connectivity index (χ2v) is 9.21. The highest BCUT2D eigenvalue weighted by Gasteiger charge is 2.25. The number of hydrogen-bond acceptors (Lipinski definition) is 8. The molecule has 8 nitrogen and oxygen atoms in total. The topological polar surface area (TPSA) is 129 Å². The molecule has 0 radical (unpaired) electrons. The van der Waals surface area contributed by atoms with E-state index in [0.29, 0.717) is 27.4 Å². The third-order valence-corrected chi connectivity index (χ3v) is 6.15. The Morgan fingerprint density at radius 1 is 1.20 bits per heavy atom. The van der Waals surface area contributed by atoms with E-state index in [1.807, 2.05) is 6.07 Å². The van der Waals surface area contributed by atoms with Crippen LogP contribution in [0.3, 0.4) is 0 Å². The number of aliphatic hydroxyl groups is 1. The summed E-state index contributed by atoms with van der Waals surface area (Å²) in [6.45, 7) is 3.33. The molecule has 0 aliphatic rings. The van der Waals surface area contributed by atoms with Gasteiger partial charge in [0.2, 0.25) is 11.8 Å². The second-order valence-electron chi connectivity index (χ2n) is 6.82. The summed E-state index contributed by atoms with van der Waals surface area (Å²) in [4.78, 5) is 0.183. The Kier molecular flexibility index (Phi) is 6.12. The lowest BCUT2D eigenvalue weighted by molar-refractivity contribution is 0.159. The predicted octanol–water partition coefficient (Wildman–Crippen LogP) is 3.51. The third kappa shape index (κ3) is 4.46. The molecule has 0 unspecified atom stereocenters. The van der Waals surface area contributed by atoms with Crippen molar-refractivity contribution in [3.8, 4) is 17.5 Å². The van der Waals surface area contributed by atoms with Crippen LogP contribution in [0.25, 0.3) is 11.5 Å². The minimum atomic E-state index is -3.31. The van der Waals surface area contributed by atoms with Gasteiger partial charge in [0.25, 0.3) is 0 Å². The minimum Gasteiger partial charge on any atom is -0.418 e. The highest BCUT2D eigenvalue weighted by atomic mass is 35.5. The van der Waals surface area contributed by atoms with E-state index >= 15 is 0 Å². The smallest absolute Gasteiger partial charge is 0.247 e. The summed E-state index contributed by atoms with van der Waals surface area (Å²) in [5.41, 5.74) is 2.16. The number of nitrogens with one attached hydrogen (secondary N) is 1. The molecule has 3 aromatic rings. The lowest BCUT2D eigenvalue weighted by Crippen LogP contribution is -2.23. The van der Waals surface area contributed by atoms with Crippen LogP contribution in [0.5, 0.6) is 0 Å². The summed E-state index contributed by atoms with van der Waals surface area (Å²) >= 11 is 6.22. The van der Waals surface area contributed by atoms with Gasteiger partial charge in [0, 0.05) is 17.5 Å². The number of hydrogen-bond donors (Lipinski definition) is 2. The van der Waals surface area contributed by atoms with Gasteiger partial charge in [-0.1, -0.05) is 11.6 Å². The molecule has 0 amide bonds. The molecule has 0 bridgehead atoms. The molecule has 0 aliphatic heterocycles. The Morgan fingerprint density at radius 3 is 2.43 bits per heavy atom. The number of sulfone groups is 1. The van der Waals surface area contributed by atoms with Gasteiger partial charge >= 0.3 is 0 Å². The van der Waals surface area contributed by atoms with Crippen LogP contribution >= 0.6 is 11.6 Å². The number of benzene rings is 2. The maximum atomic E-state index is 11.6. The van der Waals surface area contributed by atoms with Crippen molar-refractivity contribution in [3.63, 3.8) is 0 Å². The summed E-state index contributed by atoms with van der Waals surface area (Å²) < 4.78 is 28.9. The van der Waals surface area contributed by atoms with Gasteiger partial charge < -0.3 is 14.8 Å². The van der Waals surface area contributed by atoms with Crippen molar-refractivity contribution in [1.29, 1.82) is 5.26 Å². The summed E-state index contributed by atoms with van der Waals surface area (Å²) in [7, 11) is -3.31. The number of halogens is 1. The van der Waals surface area contributed by atoms with Gasteiger partial charge in [-0.05, 0) is 55.8 Å². The van der Waals surface area contributed by atoms with Gasteiger partial charge in [0.15, 0.2) is 9.84 Å². The maximum absolute atomic E-state index is 11.6. The molecular formula is C20H19ClN4O4S. The number of nitriles is 1. The van der Waals surface area contributed by atoms with E-state index in [0.717, 1.165) is 6.26 Å². The number of rotatable bonds is 6. The van der Waals surface area contributed by atoms with E-state index in [9.17, 15) is 13.5 Å². The van der Waals surface area contributed by atoms with E-state index in [1.165, 1.54) is 12.1 Å². The SMILES string of the molecule is Cc1c(N[C@@H](c2nnc(-c3ccc(S(C)(=O)=O)cc3)o2)[C@@H](C)O)ccc(C#N)c1Cl. The van der Waals surface area contributed by atoms with Crippen LogP contribution in [-0.4, -0.2) is 36.1 Å². The van der Waals surface area contributed by atoms with Crippen molar-refractivity contribution >= 4 is 27.1 Å². The third-order valence-electron chi connectivity index (χ3n) is 4.54. The average molecular weight is 447 g/mol. The van der Waals surface area contributed by atoms with Crippen molar-refractivity contribution in [2.75, 3.05) is 11.6 Å². The van der Waals surface area contributed by atoms with E-state index < -0.39 is 22.0 Å². The number of anilines is 1. The largest absolute Gasteiger partial charge is 0.418 e. The molecule has 0 aliphatic carbocycles. The molecule has 1 heterocycles. The summed E-state index contributed by atoms with van der Waals surface area (Å²) in [5, 5.41) is 30.8. The van der Waals surface area contributed by atoms with Crippen molar-refractivity contribution in [2.45, 2.75) is 30.9 Å². The van der Waals surface area contributed by atoms with Gasteiger partial charge in [0.1, 0.15) is 12.1 Å². The van der Waals surface area contributed by atoms with Crippen molar-refractivity contribution in [1.82, 2.24) is 10.2 Å². The fourth-order valence-electron chi connectivity index (χ4n) is 2.81. The molecule has 2 N–H and O–H groups in total. The number of aromatic nitrogens is 2. The van der Waals surface area contributed by atoms with Crippen LogP contribution in [0.15, 0.2) is 45.7 Å². The first-order valence-electron chi connectivity index (χ1n) is 8.89. The zero-order valence-corrected chi connectivity index (χ0v) is 18.0. The van der Waals surface area contributed by atoms with Crippen LogP contribution in [-0.2, 0) is 9.84 Å². The predicted molar refractivity (Wildman–Crippen MR) is 112 cm³/mol. The summed E-state index contributed by atoms with van der Waals surface area (Å²) in [6, 6.07) is 10.6. The van der Waals surface area contributed by atoms with Crippen LogP contribution in [0.4, 0.5) is 5.69 Å². The van der Waals surface area contributed by atoms with Gasteiger partial charge in [-0.25, -0.2) is 8.42 Å². The Morgan fingerprint density at radius 2 is 1.87 bits per heavy atom. The van der Waals surface area contributed by atoms with Crippen molar-refractivity contribution in [2.24, 2.45) is 0 Å².